The van der Waals surface area contributed by atoms with Crippen molar-refractivity contribution >= 4 is 22.6 Å². The predicted molar refractivity (Wildman–Crippen MR) is 116 cm³/mol. The molecule has 0 amide bonds. The van der Waals surface area contributed by atoms with Gasteiger partial charge in [0.05, 0.1) is 16.3 Å². The fourth-order valence-electron chi connectivity index (χ4n) is 2.21. The number of hydrogen-bond acceptors (Lipinski definition) is 3. The maximum atomic E-state index is 11.9. The van der Waals surface area contributed by atoms with Gasteiger partial charge in [0.2, 0.25) is 0 Å². The van der Waals surface area contributed by atoms with Crippen LogP contribution in [0, 0.1) is 0 Å². The van der Waals surface area contributed by atoms with Crippen molar-refractivity contribution < 1.29 is 18.5 Å². The lowest BCUT2D eigenvalue weighted by Gasteiger charge is -2.25. The van der Waals surface area contributed by atoms with Gasteiger partial charge < -0.3 is 10.0 Å². The predicted octanol–water partition coefficient (Wildman–Crippen LogP) is 5.21. The summed E-state index contributed by atoms with van der Waals surface area (Å²) >= 11 is 0. The number of aromatic carboxylic acids is 1. The monoisotopic (exact) mass is 412 g/mol. The first-order chi connectivity index (χ1) is 13.2. The number of rotatable bonds is 10. The first kappa shape index (κ1) is 26.0. The standard InChI is InChI=1S/C15H24N2O3S.C6H9F/c1-3-5-7-17(8-6-4-2)13-9-12(15(18)19)10-14(11-13)21(16)20;1-4-5(2)6(3)7/h9-11H,3-8,16H2,1-2H3,(H,18,19);4H,1H2,2-3H3/b;6-5+. The number of carboxylic acids is 1. The molecule has 0 aliphatic heterocycles. The summed E-state index contributed by atoms with van der Waals surface area (Å²) in [4.78, 5) is 13.7. The highest BCUT2D eigenvalue weighted by Crippen LogP contribution is 2.22. The molecule has 0 fully saturated rings. The SMILES string of the molecule is C=C/C(C)=C(\C)F.CCCCN(CCCC)c1cc(C(=O)O)cc(S(N)=O)c1. The minimum Gasteiger partial charge on any atom is -0.478 e. The lowest BCUT2D eigenvalue weighted by Crippen LogP contribution is -2.26. The molecule has 0 bridgehead atoms. The van der Waals surface area contributed by atoms with Crippen LogP contribution in [0.2, 0.25) is 0 Å². The summed E-state index contributed by atoms with van der Waals surface area (Å²) in [5.41, 5.74) is 1.52. The van der Waals surface area contributed by atoms with Crippen LogP contribution >= 0.6 is 0 Å². The smallest absolute Gasteiger partial charge is 0.335 e. The Kier molecular flexibility index (Phi) is 13.1. The molecule has 7 heteroatoms. The van der Waals surface area contributed by atoms with Crippen molar-refractivity contribution in [3.05, 3.63) is 47.8 Å². The fourth-order valence-corrected chi connectivity index (χ4v) is 2.69. The molecule has 1 aromatic rings. The van der Waals surface area contributed by atoms with Crippen LogP contribution in [-0.4, -0.2) is 28.4 Å². The third kappa shape index (κ3) is 9.80. The van der Waals surface area contributed by atoms with Gasteiger partial charge in [0.1, 0.15) is 11.0 Å². The highest BCUT2D eigenvalue weighted by atomic mass is 32.2. The Morgan fingerprint density at radius 2 is 1.75 bits per heavy atom. The molecule has 1 rings (SSSR count). The molecule has 5 nitrogen and oxygen atoms in total. The van der Waals surface area contributed by atoms with Gasteiger partial charge in [-0.15, -0.1) is 0 Å². The third-order valence-electron chi connectivity index (χ3n) is 4.15. The molecular formula is C21H33FN2O3S. The zero-order chi connectivity index (χ0) is 21.7. The van der Waals surface area contributed by atoms with Crippen molar-refractivity contribution in [2.75, 3.05) is 18.0 Å². The molecule has 0 radical (unpaired) electrons. The number of carboxylic acid groups (broad SMARTS) is 1. The second-order valence-electron chi connectivity index (χ2n) is 6.43. The summed E-state index contributed by atoms with van der Waals surface area (Å²) < 4.78 is 23.4. The van der Waals surface area contributed by atoms with Crippen LogP contribution in [-0.2, 0) is 11.0 Å². The van der Waals surface area contributed by atoms with Gasteiger partial charge in [-0.2, -0.15) is 0 Å². The minimum absolute atomic E-state index is 0.124. The number of anilines is 1. The third-order valence-corrected chi connectivity index (χ3v) is 4.85. The molecule has 0 spiro atoms. The van der Waals surface area contributed by atoms with Crippen molar-refractivity contribution in [3.63, 3.8) is 0 Å². The molecule has 1 aromatic carbocycles. The summed E-state index contributed by atoms with van der Waals surface area (Å²) in [6.45, 7) is 12.4. The lowest BCUT2D eigenvalue weighted by atomic mass is 10.1. The normalized spacial score (nSPS) is 12.4. The Hall–Kier alpha value is -1.99. The van der Waals surface area contributed by atoms with E-state index in [2.05, 4.69) is 25.3 Å². The number of allylic oxidation sites excluding steroid dienone is 3. The quantitative estimate of drug-likeness (QED) is 0.517. The maximum Gasteiger partial charge on any atom is 0.335 e. The number of unbranched alkanes of at least 4 members (excludes halogenated alkanes) is 2. The Morgan fingerprint density at radius 1 is 1.21 bits per heavy atom. The molecule has 0 saturated heterocycles. The average Bonchev–Trinajstić information content (AvgIpc) is 2.67. The molecule has 0 saturated carbocycles. The summed E-state index contributed by atoms with van der Waals surface area (Å²) in [5, 5.41) is 14.6. The van der Waals surface area contributed by atoms with Gasteiger partial charge in [-0.25, -0.2) is 18.5 Å². The van der Waals surface area contributed by atoms with Crippen LogP contribution in [0.5, 0.6) is 0 Å². The van der Waals surface area contributed by atoms with Crippen molar-refractivity contribution in [3.8, 4) is 0 Å². The van der Waals surface area contributed by atoms with E-state index >= 15 is 0 Å². The van der Waals surface area contributed by atoms with Crippen LogP contribution in [0.4, 0.5) is 10.1 Å². The fraction of sp³-hybridized carbons (Fsp3) is 0.476. The first-order valence-corrected chi connectivity index (χ1v) is 10.6. The van der Waals surface area contributed by atoms with Gasteiger partial charge in [0, 0.05) is 18.8 Å². The summed E-state index contributed by atoms with van der Waals surface area (Å²) in [6.07, 6.45) is 5.69. The Balaban J connectivity index is 0.000000887. The summed E-state index contributed by atoms with van der Waals surface area (Å²) in [5.74, 6) is -1.19. The Morgan fingerprint density at radius 3 is 2.07 bits per heavy atom. The van der Waals surface area contributed by atoms with Crippen molar-refractivity contribution in [1.29, 1.82) is 0 Å². The number of halogens is 1. The van der Waals surface area contributed by atoms with E-state index < -0.39 is 17.0 Å². The molecule has 1 unspecified atom stereocenters. The molecule has 28 heavy (non-hydrogen) atoms. The molecule has 0 aliphatic rings. The highest BCUT2D eigenvalue weighted by Gasteiger charge is 2.13. The van der Waals surface area contributed by atoms with E-state index in [1.54, 1.807) is 19.1 Å². The zero-order valence-electron chi connectivity index (χ0n) is 17.3. The number of carbonyl (C=O) groups is 1. The highest BCUT2D eigenvalue weighted by molar-refractivity contribution is 7.82. The molecule has 158 valence electrons. The van der Waals surface area contributed by atoms with E-state index in [-0.39, 0.29) is 11.4 Å². The average molecular weight is 413 g/mol. The van der Waals surface area contributed by atoms with Gasteiger partial charge >= 0.3 is 5.97 Å². The molecule has 0 aromatic heterocycles. The van der Waals surface area contributed by atoms with Crippen LogP contribution in [0.1, 0.15) is 63.7 Å². The van der Waals surface area contributed by atoms with Gasteiger partial charge in [-0.3, -0.25) is 0 Å². The Bertz CT molecular complexity index is 661. The molecule has 0 heterocycles. The van der Waals surface area contributed by atoms with Crippen LogP contribution < -0.4 is 10.0 Å². The van der Waals surface area contributed by atoms with Crippen LogP contribution in [0.3, 0.4) is 0 Å². The largest absolute Gasteiger partial charge is 0.478 e. The molecular weight excluding hydrogens is 379 g/mol. The van der Waals surface area contributed by atoms with Crippen molar-refractivity contribution in [2.45, 2.75) is 58.3 Å². The molecule has 0 aliphatic carbocycles. The minimum atomic E-state index is -1.68. The maximum absolute atomic E-state index is 11.9. The van der Waals surface area contributed by atoms with Crippen LogP contribution in [0.25, 0.3) is 0 Å². The van der Waals surface area contributed by atoms with Crippen molar-refractivity contribution in [2.24, 2.45) is 5.14 Å². The number of nitrogens with two attached hydrogens (primary N) is 1. The topological polar surface area (TPSA) is 83.6 Å². The van der Waals surface area contributed by atoms with Gasteiger partial charge in [0.25, 0.3) is 0 Å². The first-order valence-electron chi connectivity index (χ1n) is 9.42. The van der Waals surface area contributed by atoms with E-state index in [0.717, 1.165) is 44.5 Å². The zero-order valence-corrected chi connectivity index (χ0v) is 18.2. The van der Waals surface area contributed by atoms with E-state index in [1.165, 1.54) is 19.1 Å². The van der Waals surface area contributed by atoms with Crippen LogP contribution in [0.15, 0.2) is 47.1 Å². The van der Waals surface area contributed by atoms with Gasteiger partial charge in [-0.1, -0.05) is 39.3 Å². The molecule has 1 atom stereocenters. The number of benzene rings is 1. The van der Waals surface area contributed by atoms with E-state index in [1.807, 2.05) is 0 Å². The Labute approximate surface area is 170 Å². The van der Waals surface area contributed by atoms with Gasteiger partial charge in [0.15, 0.2) is 0 Å². The number of nitrogens with zero attached hydrogens (tertiary/aromatic N) is 1. The van der Waals surface area contributed by atoms with Gasteiger partial charge in [-0.05, 0) is 50.5 Å². The second-order valence-corrected chi connectivity index (χ2v) is 7.50. The number of hydrogen-bond donors (Lipinski definition) is 2. The van der Waals surface area contributed by atoms with Crippen molar-refractivity contribution in [1.82, 2.24) is 0 Å². The second kappa shape index (κ2) is 14.1. The summed E-state index contributed by atoms with van der Waals surface area (Å²) in [6, 6.07) is 4.73. The lowest BCUT2D eigenvalue weighted by molar-refractivity contribution is 0.0696. The van der Waals surface area contributed by atoms with E-state index in [0.29, 0.717) is 10.5 Å². The molecule has 3 N–H and O–H groups in total. The van der Waals surface area contributed by atoms with E-state index in [9.17, 15) is 18.5 Å². The summed E-state index contributed by atoms with van der Waals surface area (Å²) in [7, 11) is -1.68. The van der Waals surface area contributed by atoms with E-state index in [4.69, 9.17) is 5.14 Å².